The van der Waals surface area contributed by atoms with E-state index in [1.807, 2.05) is 11.3 Å². The molecule has 11 aromatic rings. The molecule has 0 bridgehead atoms. The molecular weight excluding hydrogens is 894 g/mol. The Balaban J connectivity index is 1.10. The summed E-state index contributed by atoms with van der Waals surface area (Å²) in [6.45, 7) is 27.5. The second kappa shape index (κ2) is 16.2. The lowest BCUT2D eigenvalue weighted by atomic mass is 9.63. The van der Waals surface area contributed by atoms with Gasteiger partial charge in [0.25, 0.3) is 0 Å². The average molecular weight is 958 g/mol. The number of rotatable bonds is 6. The van der Waals surface area contributed by atoms with Gasteiger partial charge in [-0.05, 0) is 133 Å². The van der Waals surface area contributed by atoms with E-state index >= 15 is 0 Å². The van der Waals surface area contributed by atoms with Gasteiger partial charge < -0.3 is 19.2 Å². The zero-order valence-electron chi connectivity index (χ0n) is 43.9. The first-order valence-corrected chi connectivity index (χ1v) is 26.5. The number of nitrogens with zero attached hydrogens (tertiary/aromatic N) is 2. The molecule has 0 saturated carbocycles. The highest BCUT2D eigenvalue weighted by Crippen LogP contribution is 2.46. The van der Waals surface area contributed by atoms with Crippen molar-refractivity contribution in [3.8, 4) is 16.8 Å². The molecule has 4 nitrogen and oxygen atoms in total. The van der Waals surface area contributed by atoms with Gasteiger partial charge >= 0.3 is 0 Å². The Bertz CT molecular complexity index is 3880. The molecule has 0 fully saturated rings. The molecule has 3 aromatic heterocycles. The molecule has 0 amide bonds. The van der Waals surface area contributed by atoms with E-state index in [9.17, 15) is 0 Å². The standard InChI is InChI=1S/C66H64BN3OS/c1-63(2,3)39-17-24-43(25-18-39)68-54-36-46(69(44-26-19-40(20-27-44)64(4,5)6)45-28-21-41(22-29-45)65(7,8)9)30-31-47(54)49-32-33-50-51-37-52-48-15-13-14-16-56(48)71-57(52)38-55(51)70-60(50)59(49)67-62-61(70)53-35-42(66(10,11)12)23-34-58(53)72-62/h13-38,67-68H,1-12H3. The van der Waals surface area contributed by atoms with Gasteiger partial charge in [0, 0.05) is 77.2 Å². The number of anilines is 5. The number of para-hydroxylation sites is 1. The van der Waals surface area contributed by atoms with Crippen LogP contribution in [0.4, 0.5) is 28.4 Å². The van der Waals surface area contributed by atoms with Gasteiger partial charge in [0.05, 0.1) is 11.2 Å². The van der Waals surface area contributed by atoms with Crippen molar-refractivity contribution < 1.29 is 4.42 Å². The highest BCUT2D eigenvalue weighted by molar-refractivity contribution is 7.29. The number of fused-ring (bicyclic) bond motifs is 10. The molecule has 1 N–H and O–H groups in total. The minimum absolute atomic E-state index is 0.0151. The summed E-state index contributed by atoms with van der Waals surface area (Å²) in [5.74, 6) is 0. The van der Waals surface area contributed by atoms with Crippen molar-refractivity contribution >= 4 is 111 Å². The topological polar surface area (TPSA) is 33.3 Å². The van der Waals surface area contributed by atoms with E-state index in [1.54, 1.807) is 0 Å². The predicted molar refractivity (Wildman–Crippen MR) is 315 cm³/mol. The first-order chi connectivity index (χ1) is 34.2. The molecule has 12 rings (SSSR count). The number of thiophene rings is 1. The van der Waals surface area contributed by atoms with Crippen molar-refractivity contribution in [3.05, 3.63) is 180 Å². The third kappa shape index (κ3) is 7.73. The Morgan fingerprint density at radius 3 is 1.67 bits per heavy atom. The Morgan fingerprint density at radius 1 is 0.472 bits per heavy atom. The highest BCUT2D eigenvalue weighted by Gasteiger charge is 2.31. The second-order valence-corrected chi connectivity index (χ2v) is 25.5. The lowest BCUT2D eigenvalue weighted by molar-refractivity contribution is 0.590. The van der Waals surface area contributed by atoms with Crippen molar-refractivity contribution in [3.63, 3.8) is 0 Å². The van der Waals surface area contributed by atoms with E-state index in [0.717, 1.165) is 63.2 Å². The molecule has 0 radical (unpaired) electrons. The number of furan rings is 1. The molecule has 6 heteroatoms. The van der Waals surface area contributed by atoms with E-state index in [0.29, 0.717) is 0 Å². The molecule has 1 aliphatic heterocycles. The van der Waals surface area contributed by atoms with Crippen LogP contribution in [-0.4, -0.2) is 11.8 Å². The number of nitrogens with one attached hydrogen (secondary N) is 1. The van der Waals surface area contributed by atoms with E-state index in [-0.39, 0.29) is 21.7 Å². The monoisotopic (exact) mass is 957 g/mol. The first-order valence-electron chi connectivity index (χ1n) is 25.7. The van der Waals surface area contributed by atoms with E-state index in [1.165, 1.54) is 75.6 Å². The quantitative estimate of drug-likeness (QED) is 0.169. The predicted octanol–water partition coefficient (Wildman–Crippen LogP) is 17.7. The molecule has 358 valence electrons. The molecule has 0 atom stereocenters. The normalized spacial score (nSPS) is 13.1. The van der Waals surface area contributed by atoms with Crippen molar-refractivity contribution in [1.82, 2.24) is 4.57 Å². The Labute approximate surface area is 429 Å². The van der Waals surface area contributed by atoms with Crippen LogP contribution in [0.25, 0.3) is 70.6 Å². The number of benzene rings is 8. The van der Waals surface area contributed by atoms with Crippen LogP contribution in [0.3, 0.4) is 0 Å². The number of hydrogen-bond donors (Lipinski definition) is 1. The van der Waals surface area contributed by atoms with Gasteiger partial charge in [-0.25, -0.2) is 0 Å². The van der Waals surface area contributed by atoms with Crippen molar-refractivity contribution in [1.29, 1.82) is 0 Å². The van der Waals surface area contributed by atoms with Crippen LogP contribution in [0, 0.1) is 0 Å². The van der Waals surface area contributed by atoms with Crippen LogP contribution in [-0.2, 0) is 21.7 Å². The number of aromatic nitrogens is 1. The van der Waals surface area contributed by atoms with Gasteiger partial charge in [0.2, 0.25) is 7.28 Å². The fourth-order valence-corrected chi connectivity index (χ4v) is 12.3. The van der Waals surface area contributed by atoms with E-state index < -0.39 is 0 Å². The Morgan fingerprint density at radius 2 is 1.04 bits per heavy atom. The first kappa shape index (κ1) is 46.1. The Hall–Kier alpha value is -7.02. The summed E-state index contributed by atoms with van der Waals surface area (Å²) < 4.78 is 11.9. The van der Waals surface area contributed by atoms with Gasteiger partial charge in [-0.3, -0.25) is 0 Å². The van der Waals surface area contributed by atoms with Gasteiger partial charge in [0.1, 0.15) is 11.2 Å². The molecule has 0 aliphatic carbocycles. The molecule has 0 spiro atoms. The minimum atomic E-state index is 0.0151. The molecule has 0 saturated heterocycles. The Kier molecular flexibility index (Phi) is 10.4. The average Bonchev–Trinajstić information content (AvgIpc) is 4.00. The summed E-state index contributed by atoms with van der Waals surface area (Å²) in [4.78, 5) is 2.41. The van der Waals surface area contributed by atoms with Crippen LogP contribution < -0.4 is 20.5 Å². The number of hydrogen-bond acceptors (Lipinski definition) is 4. The molecular formula is C66H64BN3OS. The summed E-state index contributed by atoms with van der Waals surface area (Å²) in [6, 6.07) is 59.5. The van der Waals surface area contributed by atoms with E-state index in [2.05, 4.69) is 256 Å². The van der Waals surface area contributed by atoms with Gasteiger partial charge in [-0.2, -0.15) is 0 Å². The summed E-state index contributed by atoms with van der Waals surface area (Å²) in [6.07, 6.45) is 0. The lowest BCUT2D eigenvalue weighted by Gasteiger charge is -2.29. The molecule has 8 aromatic carbocycles. The van der Waals surface area contributed by atoms with Gasteiger partial charge in [0.15, 0.2) is 0 Å². The zero-order chi connectivity index (χ0) is 50.2. The maximum absolute atomic E-state index is 6.63. The molecule has 0 unspecified atom stereocenters. The van der Waals surface area contributed by atoms with Gasteiger partial charge in [-0.1, -0.05) is 162 Å². The van der Waals surface area contributed by atoms with Crippen molar-refractivity contribution in [2.75, 3.05) is 10.2 Å². The van der Waals surface area contributed by atoms with Crippen LogP contribution in [0.1, 0.15) is 105 Å². The second-order valence-electron chi connectivity index (χ2n) is 24.4. The summed E-state index contributed by atoms with van der Waals surface area (Å²) in [7, 11) is 0.829. The third-order valence-electron chi connectivity index (χ3n) is 15.3. The maximum atomic E-state index is 6.63. The van der Waals surface area contributed by atoms with Crippen LogP contribution in [0.2, 0.25) is 0 Å². The summed E-state index contributed by atoms with van der Waals surface area (Å²) in [5.41, 5.74) is 20.2. The van der Waals surface area contributed by atoms with Gasteiger partial charge in [-0.15, -0.1) is 11.3 Å². The third-order valence-corrected chi connectivity index (χ3v) is 16.4. The fourth-order valence-electron chi connectivity index (χ4n) is 11.1. The summed E-state index contributed by atoms with van der Waals surface area (Å²) in [5, 5.41) is 10.1. The smallest absolute Gasteiger partial charge is 0.211 e. The molecule has 72 heavy (non-hydrogen) atoms. The van der Waals surface area contributed by atoms with E-state index in [4.69, 9.17) is 4.42 Å². The largest absolute Gasteiger partial charge is 0.456 e. The highest BCUT2D eigenvalue weighted by atomic mass is 32.1. The minimum Gasteiger partial charge on any atom is -0.456 e. The molecule has 1 aliphatic rings. The van der Waals surface area contributed by atoms with Crippen molar-refractivity contribution in [2.24, 2.45) is 0 Å². The van der Waals surface area contributed by atoms with Crippen LogP contribution >= 0.6 is 11.3 Å². The van der Waals surface area contributed by atoms with Crippen molar-refractivity contribution in [2.45, 2.75) is 105 Å². The fraction of sp³-hybridized carbons (Fsp3) is 0.242. The zero-order valence-corrected chi connectivity index (χ0v) is 44.7. The maximum Gasteiger partial charge on any atom is 0.211 e. The lowest BCUT2D eigenvalue weighted by Crippen LogP contribution is -2.35. The summed E-state index contributed by atoms with van der Waals surface area (Å²) >= 11 is 1.94. The molecule has 4 heterocycles. The van der Waals surface area contributed by atoms with Crippen LogP contribution in [0.5, 0.6) is 0 Å². The van der Waals surface area contributed by atoms with Crippen LogP contribution in [0.15, 0.2) is 162 Å². The SMILES string of the molecule is CC(C)(C)c1ccc(Nc2cc(N(c3ccc(C(C)(C)C)cc3)c3ccc(C(C)(C)C)cc3)ccc2-c2ccc3c4cc5c(cc4n4c3c2Bc2sc3ccc(C(C)(C)C)cc3c2-4)oc2ccccc25)cc1.